The summed E-state index contributed by atoms with van der Waals surface area (Å²) in [4.78, 5) is 27.3. The number of benzene rings is 1. The van der Waals surface area contributed by atoms with Gasteiger partial charge in [-0.15, -0.1) is 0 Å². The first-order valence-corrected chi connectivity index (χ1v) is 7.18. The molecule has 6 heteroatoms. The lowest BCUT2D eigenvalue weighted by Crippen LogP contribution is -2.51. The molecule has 0 aromatic heterocycles. The van der Waals surface area contributed by atoms with Crippen LogP contribution in [0.25, 0.3) is 0 Å². The fraction of sp³-hybridized carbons (Fsp3) is 0.467. The van der Waals surface area contributed by atoms with Gasteiger partial charge >= 0.3 is 12.0 Å². The van der Waals surface area contributed by atoms with E-state index in [9.17, 15) is 9.59 Å². The van der Waals surface area contributed by atoms with E-state index in [2.05, 4.69) is 5.32 Å². The number of anilines is 1. The number of esters is 1. The van der Waals surface area contributed by atoms with Crippen LogP contribution in [0.2, 0.25) is 0 Å². The molecule has 0 radical (unpaired) electrons. The summed E-state index contributed by atoms with van der Waals surface area (Å²) in [7, 11) is 0. The zero-order chi connectivity index (χ0) is 15.1. The maximum Gasteiger partial charge on any atom is 0.321 e. The van der Waals surface area contributed by atoms with Crippen molar-refractivity contribution in [1.82, 2.24) is 9.80 Å². The number of piperazine rings is 1. The summed E-state index contributed by atoms with van der Waals surface area (Å²) in [6.07, 6.45) is 0. The zero-order valence-electron chi connectivity index (χ0n) is 12.2. The van der Waals surface area contributed by atoms with Gasteiger partial charge in [0.15, 0.2) is 0 Å². The molecule has 0 bridgehead atoms. The van der Waals surface area contributed by atoms with Crippen LogP contribution in [-0.4, -0.2) is 61.1 Å². The minimum absolute atomic E-state index is 0.100. The van der Waals surface area contributed by atoms with Crippen molar-refractivity contribution in [3.05, 3.63) is 30.3 Å². The van der Waals surface area contributed by atoms with Crippen molar-refractivity contribution in [1.29, 1.82) is 0 Å². The van der Waals surface area contributed by atoms with E-state index in [1.165, 1.54) is 0 Å². The first kappa shape index (κ1) is 15.3. The average molecular weight is 291 g/mol. The highest BCUT2D eigenvalue weighted by molar-refractivity contribution is 5.89. The lowest BCUT2D eigenvalue weighted by molar-refractivity contribution is -0.144. The minimum Gasteiger partial charge on any atom is -0.465 e. The first-order valence-electron chi connectivity index (χ1n) is 7.18. The number of urea groups is 1. The third kappa shape index (κ3) is 4.75. The standard InChI is InChI=1S/C15H21N3O3/c1-2-21-14(19)12-17-8-10-18(11-9-17)15(20)16-13-6-4-3-5-7-13/h3-7H,2,8-12H2,1H3,(H,16,20). The molecule has 114 valence electrons. The molecule has 0 atom stereocenters. The van der Waals surface area contributed by atoms with Gasteiger partial charge in [0.1, 0.15) is 0 Å². The number of ether oxygens (including phenoxy) is 1. The lowest BCUT2D eigenvalue weighted by atomic mass is 10.3. The number of carbonyl (C=O) groups is 2. The number of carbonyl (C=O) groups excluding carboxylic acids is 2. The van der Waals surface area contributed by atoms with Gasteiger partial charge in [-0.3, -0.25) is 9.69 Å². The molecule has 21 heavy (non-hydrogen) atoms. The molecule has 1 heterocycles. The lowest BCUT2D eigenvalue weighted by Gasteiger charge is -2.34. The third-order valence-electron chi connectivity index (χ3n) is 3.34. The van der Waals surface area contributed by atoms with Gasteiger partial charge in [-0.2, -0.15) is 0 Å². The van der Waals surface area contributed by atoms with Gasteiger partial charge in [-0.05, 0) is 19.1 Å². The van der Waals surface area contributed by atoms with E-state index in [4.69, 9.17) is 4.74 Å². The Morgan fingerprint density at radius 1 is 1.14 bits per heavy atom. The van der Waals surface area contributed by atoms with E-state index < -0.39 is 0 Å². The second-order valence-corrected chi connectivity index (χ2v) is 4.86. The summed E-state index contributed by atoms with van der Waals surface area (Å²) >= 11 is 0. The molecular formula is C15H21N3O3. The Balaban J connectivity index is 1.75. The van der Waals surface area contributed by atoms with Crippen LogP contribution in [0.1, 0.15) is 6.92 Å². The highest BCUT2D eigenvalue weighted by atomic mass is 16.5. The number of amides is 2. The number of nitrogens with zero attached hydrogens (tertiary/aromatic N) is 2. The van der Waals surface area contributed by atoms with Crippen LogP contribution in [0.15, 0.2) is 30.3 Å². The van der Waals surface area contributed by atoms with Crippen molar-refractivity contribution >= 4 is 17.7 Å². The number of hydrogen-bond acceptors (Lipinski definition) is 4. The van der Waals surface area contributed by atoms with Crippen molar-refractivity contribution in [3.8, 4) is 0 Å². The second-order valence-electron chi connectivity index (χ2n) is 4.86. The van der Waals surface area contributed by atoms with Crippen molar-refractivity contribution in [3.63, 3.8) is 0 Å². The zero-order valence-corrected chi connectivity index (χ0v) is 12.2. The fourth-order valence-electron chi connectivity index (χ4n) is 2.22. The van der Waals surface area contributed by atoms with Gasteiger partial charge in [-0.25, -0.2) is 4.79 Å². The van der Waals surface area contributed by atoms with Gasteiger partial charge < -0.3 is 15.0 Å². The molecule has 0 spiro atoms. The van der Waals surface area contributed by atoms with Crippen LogP contribution in [0.5, 0.6) is 0 Å². The van der Waals surface area contributed by atoms with Crippen molar-refractivity contribution in [2.75, 3.05) is 44.6 Å². The minimum atomic E-state index is -0.209. The Labute approximate surface area is 124 Å². The molecule has 1 aromatic carbocycles. The Hall–Kier alpha value is -2.08. The molecule has 1 aliphatic heterocycles. The molecule has 2 rings (SSSR count). The van der Waals surface area contributed by atoms with E-state index in [1.807, 2.05) is 35.2 Å². The Morgan fingerprint density at radius 3 is 2.43 bits per heavy atom. The van der Waals surface area contributed by atoms with Gasteiger partial charge in [0.2, 0.25) is 0 Å². The number of hydrogen-bond donors (Lipinski definition) is 1. The molecule has 1 fully saturated rings. The van der Waals surface area contributed by atoms with Crippen LogP contribution < -0.4 is 5.32 Å². The second kappa shape index (κ2) is 7.64. The largest absolute Gasteiger partial charge is 0.465 e. The van der Waals surface area contributed by atoms with Crippen LogP contribution >= 0.6 is 0 Å². The van der Waals surface area contributed by atoms with Crippen LogP contribution in [0, 0.1) is 0 Å². The third-order valence-corrected chi connectivity index (χ3v) is 3.34. The summed E-state index contributed by atoms with van der Waals surface area (Å²) in [6, 6.07) is 9.28. The van der Waals surface area contributed by atoms with Gasteiger partial charge in [0, 0.05) is 31.9 Å². The molecule has 6 nitrogen and oxygen atoms in total. The average Bonchev–Trinajstić information content (AvgIpc) is 2.49. The normalized spacial score (nSPS) is 15.6. The maximum absolute atomic E-state index is 12.1. The summed E-state index contributed by atoms with van der Waals surface area (Å²) in [5.41, 5.74) is 0.788. The Morgan fingerprint density at radius 2 is 1.81 bits per heavy atom. The molecular weight excluding hydrogens is 270 g/mol. The summed E-state index contributed by atoms with van der Waals surface area (Å²) in [5, 5.41) is 2.86. The fourth-order valence-corrected chi connectivity index (χ4v) is 2.22. The number of rotatable bonds is 4. The van der Waals surface area contributed by atoms with E-state index in [1.54, 1.807) is 11.8 Å². The molecule has 1 N–H and O–H groups in total. The molecule has 0 unspecified atom stereocenters. The highest BCUT2D eigenvalue weighted by Crippen LogP contribution is 2.08. The number of para-hydroxylation sites is 1. The summed E-state index contributed by atoms with van der Waals surface area (Å²) in [5.74, 6) is -0.209. The SMILES string of the molecule is CCOC(=O)CN1CCN(C(=O)Nc2ccccc2)CC1. The molecule has 1 saturated heterocycles. The van der Waals surface area contributed by atoms with Crippen molar-refractivity contribution in [2.45, 2.75) is 6.92 Å². The Kier molecular flexibility index (Phi) is 5.57. The van der Waals surface area contributed by atoms with Crippen molar-refractivity contribution in [2.24, 2.45) is 0 Å². The van der Waals surface area contributed by atoms with Gasteiger partial charge in [0.25, 0.3) is 0 Å². The van der Waals surface area contributed by atoms with E-state index >= 15 is 0 Å². The van der Waals surface area contributed by atoms with Gasteiger partial charge in [0.05, 0.1) is 13.2 Å². The van der Waals surface area contributed by atoms with E-state index in [-0.39, 0.29) is 12.0 Å². The van der Waals surface area contributed by atoms with Crippen LogP contribution in [0.4, 0.5) is 10.5 Å². The monoisotopic (exact) mass is 291 g/mol. The molecule has 1 aromatic rings. The van der Waals surface area contributed by atoms with Crippen molar-refractivity contribution < 1.29 is 14.3 Å². The topological polar surface area (TPSA) is 61.9 Å². The van der Waals surface area contributed by atoms with E-state index in [0.29, 0.717) is 39.3 Å². The molecule has 2 amide bonds. The first-order chi connectivity index (χ1) is 10.2. The molecule has 0 saturated carbocycles. The molecule has 0 aliphatic carbocycles. The predicted molar refractivity (Wildman–Crippen MR) is 80.1 cm³/mol. The van der Waals surface area contributed by atoms with Crippen LogP contribution in [-0.2, 0) is 9.53 Å². The summed E-state index contributed by atoms with van der Waals surface area (Å²) in [6.45, 7) is 5.07. The van der Waals surface area contributed by atoms with E-state index in [0.717, 1.165) is 5.69 Å². The predicted octanol–water partition coefficient (Wildman–Crippen LogP) is 1.40. The Bertz CT molecular complexity index is 470. The smallest absolute Gasteiger partial charge is 0.321 e. The van der Waals surface area contributed by atoms with Crippen LogP contribution in [0.3, 0.4) is 0 Å². The van der Waals surface area contributed by atoms with Gasteiger partial charge in [-0.1, -0.05) is 18.2 Å². The summed E-state index contributed by atoms with van der Waals surface area (Å²) < 4.78 is 4.92. The number of nitrogens with one attached hydrogen (secondary N) is 1. The maximum atomic E-state index is 12.1. The highest BCUT2D eigenvalue weighted by Gasteiger charge is 2.22. The quantitative estimate of drug-likeness (QED) is 0.852. The molecule has 1 aliphatic rings.